The molecule has 0 saturated heterocycles. The average Bonchev–Trinajstić information content (AvgIpc) is 2.63. The molecule has 1 rings (SSSR count). The summed E-state index contributed by atoms with van der Waals surface area (Å²) in [6.07, 6.45) is 6.42. The summed E-state index contributed by atoms with van der Waals surface area (Å²) in [6, 6.07) is 0. The maximum absolute atomic E-state index is 11.7. The summed E-state index contributed by atoms with van der Waals surface area (Å²) in [5, 5.41) is 10.2. The molecule has 0 heterocycles. The third-order valence-corrected chi connectivity index (χ3v) is 3.52. The number of carbonyl (C=O) groups is 1. The molecule has 0 amide bonds. The van der Waals surface area contributed by atoms with Gasteiger partial charge in [-0.05, 0) is 24.7 Å². The first-order chi connectivity index (χ1) is 8.43. The summed E-state index contributed by atoms with van der Waals surface area (Å²) in [7, 11) is 0. The van der Waals surface area contributed by atoms with Crippen LogP contribution in [0, 0.1) is 61.8 Å². The molecule has 1 radical (unpaired) electrons. The van der Waals surface area contributed by atoms with Crippen molar-refractivity contribution >= 4 is 5.78 Å². The summed E-state index contributed by atoms with van der Waals surface area (Å²) in [5.74, 6) is 0.258. The first kappa shape index (κ1) is 16.6. The summed E-state index contributed by atoms with van der Waals surface area (Å²) in [6.45, 7) is 3.72. The first-order valence-corrected chi connectivity index (χ1v) is 5.94. The van der Waals surface area contributed by atoms with E-state index in [4.69, 9.17) is 2.74 Å². The Kier molecular flexibility index (Phi) is 9.55. The summed E-state index contributed by atoms with van der Waals surface area (Å²) in [5.41, 5.74) is 0. The molecule has 1 aliphatic carbocycles. The molecule has 1 N–H and O–H groups in total. The van der Waals surface area contributed by atoms with Crippen LogP contribution in [-0.2, 0) is 4.79 Å². The Hall–Kier alpha value is 0.552. The smallest absolute Gasteiger partial charge is 0.138 e. The van der Waals surface area contributed by atoms with Crippen LogP contribution < -0.4 is 0 Å². The van der Waals surface area contributed by atoms with E-state index in [1.807, 2.05) is 19.9 Å². The van der Waals surface area contributed by atoms with Crippen molar-refractivity contribution < 1.29 is 56.7 Å². The molecule has 0 aromatic rings. The number of rotatable bonds is 5. The Balaban J connectivity index is 0. The molecule has 1 unspecified atom stereocenters. The van der Waals surface area contributed by atoms with Gasteiger partial charge in [-0.15, -0.1) is 0 Å². The molecule has 4 atom stereocenters. The zero-order valence-corrected chi connectivity index (χ0v) is 15.3. The van der Waals surface area contributed by atoms with Gasteiger partial charge in [0, 0.05) is 56.4 Å². The van der Waals surface area contributed by atoms with E-state index in [2.05, 4.69) is 0 Å². The van der Waals surface area contributed by atoms with E-state index in [1.165, 1.54) is 6.08 Å². The van der Waals surface area contributed by atoms with Crippen LogP contribution in [0.3, 0.4) is 0 Å². The van der Waals surface area contributed by atoms with E-state index in [0.717, 1.165) is 6.42 Å². The minimum absolute atomic E-state index is 0. The van der Waals surface area contributed by atoms with Crippen molar-refractivity contribution in [1.29, 1.82) is 0 Å². The van der Waals surface area contributed by atoms with Gasteiger partial charge < -0.3 is 5.11 Å². The van der Waals surface area contributed by atoms with Crippen LogP contribution >= 0.6 is 0 Å². The van der Waals surface area contributed by atoms with E-state index in [-0.39, 0.29) is 81.6 Å². The molecule has 0 spiro atoms. The third kappa shape index (κ3) is 5.68. The quantitative estimate of drug-likeness (QED) is 0.630. The van der Waals surface area contributed by atoms with Gasteiger partial charge in [-0.3, -0.25) is 4.79 Å². The third-order valence-electron chi connectivity index (χ3n) is 3.52. The van der Waals surface area contributed by atoms with Crippen molar-refractivity contribution in [2.45, 2.75) is 46.6 Å². The predicted molar refractivity (Wildman–Crippen MR) is 72.8 cm³/mol. The zero-order valence-electron chi connectivity index (χ0n) is 12.6. The van der Waals surface area contributed by atoms with E-state index in [1.54, 1.807) is 6.08 Å². The fourth-order valence-electron chi connectivity index (χ4n) is 2.42. The monoisotopic (exact) mass is 467 g/mol. The minimum atomic E-state index is -0.588. The number of allylic oxidation sites excluding steroid dienone is 3. The Morgan fingerprint density at radius 1 is 1.67 bits per heavy atom. The van der Waals surface area contributed by atoms with Crippen LogP contribution in [0.4, 0.5) is 0 Å². The Morgan fingerprint density at radius 3 is 2.83 bits per heavy atom. The molecular weight excluding hydrogens is 439 g/mol. The number of hydrogen-bond donors (Lipinski definition) is 1. The van der Waals surface area contributed by atoms with Crippen molar-refractivity contribution in [3.63, 3.8) is 0 Å². The van der Waals surface area contributed by atoms with Crippen LogP contribution in [0.5, 0.6) is 0 Å². The molecular formula is C15H26AcO2. The van der Waals surface area contributed by atoms with Gasteiger partial charge in [0.05, 0.1) is 8.85 Å². The second kappa shape index (κ2) is 10.4. The molecule has 1 saturated carbocycles. The topological polar surface area (TPSA) is 37.3 Å². The largest absolute Gasteiger partial charge is 0.392 e. The van der Waals surface area contributed by atoms with Crippen LogP contribution in [-0.4, -0.2) is 17.0 Å². The van der Waals surface area contributed by atoms with Crippen molar-refractivity contribution in [2.75, 3.05) is 0 Å². The van der Waals surface area contributed by atoms with Gasteiger partial charge in [-0.1, -0.05) is 46.0 Å². The zero-order chi connectivity index (χ0) is 13.7. The van der Waals surface area contributed by atoms with E-state index in [0.29, 0.717) is 12.8 Å². The van der Waals surface area contributed by atoms with Gasteiger partial charge in [0.15, 0.2) is 0 Å². The van der Waals surface area contributed by atoms with Gasteiger partial charge in [0.2, 0.25) is 0 Å². The van der Waals surface area contributed by atoms with Gasteiger partial charge in [0.25, 0.3) is 0 Å². The molecule has 0 bridgehead atoms. The fourth-order valence-corrected chi connectivity index (χ4v) is 2.42. The molecule has 101 valence electrons. The van der Waals surface area contributed by atoms with Gasteiger partial charge in [-0.25, -0.2) is 0 Å². The Morgan fingerprint density at radius 2 is 2.33 bits per heavy atom. The number of Topliss-reactive ketones (excluding diaryl/α,β-unsaturated/α-hetero) is 1. The van der Waals surface area contributed by atoms with Gasteiger partial charge in [-0.2, -0.15) is 0 Å². The molecule has 3 heteroatoms. The molecule has 0 aliphatic heterocycles. The van der Waals surface area contributed by atoms with Crippen molar-refractivity contribution in [3.05, 3.63) is 24.8 Å². The van der Waals surface area contributed by atoms with E-state index < -0.39 is 6.10 Å². The number of aliphatic hydroxyl groups is 1. The van der Waals surface area contributed by atoms with Gasteiger partial charge in [0.1, 0.15) is 5.78 Å². The molecule has 1 fully saturated rings. The second-order valence-corrected chi connectivity index (χ2v) is 4.81. The van der Waals surface area contributed by atoms with Crippen LogP contribution in [0.1, 0.15) is 43.3 Å². The predicted octanol–water partition coefficient (Wildman–Crippen LogP) is 3.37. The summed E-state index contributed by atoms with van der Waals surface area (Å²) in [4.78, 5) is 11.7. The maximum atomic E-state index is 11.7. The first-order valence-electron chi connectivity index (χ1n) is 6.94. The van der Waals surface area contributed by atoms with Gasteiger partial charge >= 0.3 is 0 Å². The number of carbonyl (C=O) groups excluding carboxylic acids is 1. The molecule has 0 aromatic heterocycles. The Bertz CT molecular complexity index is 352. The summed E-state index contributed by atoms with van der Waals surface area (Å²) < 4.78 is 13.8. The molecule has 2 nitrogen and oxygen atoms in total. The molecule has 18 heavy (non-hydrogen) atoms. The number of ketones is 1. The van der Waals surface area contributed by atoms with Crippen molar-refractivity contribution in [3.8, 4) is 0 Å². The number of aliphatic hydroxyl groups excluding tert-OH is 1. The fraction of sp³-hybridized carbons (Fsp3) is 0.667. The van der Waals surface area contributed by atoms with E-state index >= 15 is 0 Å². The second-order valence-electron chi connectivity index (χ2n) is 4.81. The SMILES string of the molecule is C.[2H]C([2H])=CC=CC[C@@H](C)[C@@H](O)[C@H]1C(=O)CCC1C.[Ac]. The van der Waals surface area contributed by atoms with Crippen LogP contribution in [0.25, 0.3) is 0 Å². The number of hydrogen-bond acceptors (Lipinski definition) is 2. The maximum Gasteiger partial charge on any atom is 0.138 e. The van der Waals surface area contributed by atoms with Crippen LogP contribution in [0.15, 0.2) is 24.8 Å². The van der Waals surface area contributed by atoms with Crippen LogP contribution in [0.2, 0.25) is 0 Å². The normalized spacial score (nSPS) is 27.6. The standard InChI is InChI=1S/C14H22O2.CH4.Ac/c1-4-5-6-7-11(3)14(16)13-10(2)8-9-12(13)15;;/h4-6,10-11,13-14,16H,1,7-9H2,2-3H3;1H4;/t10?,11-,13-,14-;;/m1../s1/i1D2;;. The summed E-state index contributed by atoms with van der Waals surface area (Å²) >= 11 is 0. The molecule has 0 aromatic carbocycles. The van der Waals surface area contributed by atoms with Crippen molar-refractivity contribution in [2.24, 2.45) is 17.8 Å². The van der Waals surface area contributed by atoms with E-state index in [9.17, 15) is 9.90 Å². The molecule has 1 aliphatic rings. The Labute approximate surface area is 150 Å². The average molecular weight is 467 g/mol. The van der Waals surface area contributed by atoms with Crippen molar-refractivity contribution in [1.82, 2.24) is 0 Å². The minimum Gasteiger partial charge on any atom is -0.392 e.